The highest BCUT2D eigenvalue weighted by Crippen LogP contribution is 2.33. The second-order valence-electron chi connectivity index (χ2n) is 8.81. The van der Waals surface area contributed by atoms with E-state index in [1.807, 2.05) is 24.3 Å². The van der Waals surface area contributed by atoms with Crippen LogP contribution in [0, 0.1) is 17.7 Å². The van der Waals surface area contributed by atoms with Crippen molar-refractivity contribution in [3.63, 3.8) is 0 Å². The molecule has 1 aromatic carbocycles. The van der Waals surface area contributed by atoms with Crippen LogP contribution in [0.2, 0.25) is 0 Å². The molecule has 0 aliphatic heterocycles. The van der Waals surface area contributed by atoms with Gasteiger partial charge >= 0.3 is 0 Å². The lowest BCUT2D eigenvalue weighted by atomic mass is 9.78. The predicted octanol–water partition coefficient (Wildman–Crippen LogP) is 7.39. The zero-order valence-electron chi connectivity index (χ0n) is 18.7. The predicted molar refractivity (Wildman–Crippen MR) is 121 cm³/mol. The summed E-state index contributed by atoms with van der Waals surface area (Å²) in [6.45, 7) is 5.15. The molecular formula is C26H37FN2O. The molecule has 0 N–H and O–H groups in total. The Morgan fingerprint density at radius 3 is 2.40 bits per heavy atom. The van der Waals surface area contributed by atoms with Crippen LogP contribution in [0.3, 0.4) is 0 Å². The Balaban J connectivity index is 1.49. The van der Waals surface area contributed by atoms with Gasteiger partial charge in [-0.15, -0.1) is 10.2 Å². The molecule has 1 aliphatic carbocycles. The van der Waals surface area contributed by atoms with Crippen LogP contribution in [0.1, 0.15) is 83.6 Å². The molecule has 1 fully saturated rings. The summed E-state index contributed by atoms with van der Waals surface area (Å²) in [5.74, 6) is 2.07. The number of benzene rings is 1. The van der Waals surface area contributed by atoms with Gasteiger partial charge in [0.2, 0.25) is 5.88 Å². The smallest absolute Gasteiger partial charge is 0.233 e. The third-order valence-corrected chi connectivity index (χ3v) is 6.60. The SMILES string of the molecule is CCCCCCOc1ccc(-c2ccc(CCC3CCC(CC)CC3)c(F)c2)nn1. The highest BCUT2D eigenvalue weighted by molar-refractivity contribution is 5.59. The molecule has 2 aromatic rings. The number of halogens is 1. The lowest BCUT2D eigenvalue weighted by Gasteiger charge is -2.27. The van der Waals surface area contributed by atoms with Gasteiger partial charge < -0.3 is 4.74 Å². The van der Waals surface area contributed by atoms with Gasteiger partial charge in [0, 0.05) is 11.6 Å². The third kappa shape index (κ3) is 6.78. The van der Waals surface area contributed by atoms with Crippen molar-refractivity contribution in [3.05, 3.63) is 41.7 Å². The first-order chi connectivity index (χ1) is 14.7. The van der Waals surface area contributed by atoms with E-state index in [2.05, 4.69) is 24.0 Å². The number of aryl methyl sites for hydroxylation is 1. The van der Waals surface area contributed by atoms with E-state index in [4.69, 9.17) is 4.74 Å². The maximum Gasteiger partial charge on any atom is 0.233 e. The largest absolute Gasteiger partial charge is 0.477 e. The van der Waals surface area contributed by atoms with E-state index in [9.17, 15) is 4.39 Å². The van der Waals surface area contributed by atoms with Gasteiger partial charge in [-0.2, -0.15) is 0 Å². The zero-order chi connectivity index (χ0) is 21.2. The zero-order valence-corrected chi connectivity index (χ0v) is 18.7. The fourth-order valence-corrected chi connectivity index (χ4v) is 4.45. The molecule has 0 bridgehead atoms. The van der Waals surface area contributed by atoms with E-state index in [0.29, 0.717) is 18.2 Å². The highest BCUT2D eigenvalue weighted by Gasteiger charge is 2.20. The number of ether oxygens (including phenoxy) is 1. The van der Waals surface area contributed by atoms with Gasteiger partial charge in [0.25, 0.3) is 0 Å². The average molecular weight is 413 g/mol. The van der Waals surface area contributed by atoms with E-state index >= 15 is 0 Å². The number of rotatable bonds is 11. The first-order valence-electron chi connectivity index (χ1n) is 11.9. The number of unbranched alkanes of at least 4 members (excludes halogenated alkanes) is 3. The number of hydrogen-bond donors (Lipinski definition) is 0. The van der Waals surface area contributed by atoms with Crippen molar-refractivity contribution in [1.82, 2.24) is 10.2 Å². The molecule has 0 radical (unpaired) electrons. The minimum absolute atomic E-state index is 0.132. The van der Waals surface area contributed by atoms with Gasteiger partial charge in [-0.1, -0.05) is 77.3 Å². The van der Waals surface area contributed by atoms with Gasteiger partial charge in [0.15, 0.2) is 0 Å². The number of aromatic nitrogens is 2. The molecule has 0 unspecified atom stereocenters. The fraction of sp³-hybridized carbons (Fsp3) is 0.615. The topological polar surface area (TPSA) is 35.0 Å². The van der Waals surface area contributed by atoms with Gasteiger partial charge in [-0.05, 0) is 48.8 Å². The monoisotopic (exact) mass is 412 g/mol. The first kappa shape index (κ1) is 22.7. The van der Waals surface area contributed by atoms with Gasteiger partial charge in [-0.25, -0.2) is 4.39 Å². The van der Waals surface area contributed by atoms with E-state index < -0.39 is 0 Å². The second-order valence-corrected chi connectivity index (χ2v) is 8.81. The Bertz CT molecular complexity index is 754. The molecule has 0 amide bonds. The molecule has 0 atom stereocenters. The Morgan fingerprint density at radius 1 is 0.933 bits per heavy atom. The normalized spacial score (nSPS) is 19.0. The number of hydrogen-bond acceptors (Lipinski definition) is 3. The van der Waals surface area contributed by atoms with Gasteiger partial charge in [0.1, 0.15) is 5.82 Å². The van der Waals surface area contributed by atoms with Crippen molar-refractivity contribution >= 4 is 0 Å². The molecule has 4 heteroatoms. The molecule has 1 heterocycles. The molecule has 0 spiro atoms. The molecule has 1 aromatic heterocycles. The van der Waals surface area contributed by atoms with Crippen LogP contribution < -0.4 is 4.74 Å². The fourth-order valence-electron chi connectivity index (χ4n) is 4.45. The van der Waals surface area contributed by atoms with Crippen LogP contribution in [0.15, 0.2) is 30.3 Å². The Morgan fingerprint density at radius 2 is 1.73 bits per heavy atom. The van der Waals surface area contributed by atoms with Crippen LogP contribution in [-0.4, -0.2) is 16.8 Å². The van der Waals surface area contributed by atoms with Crippen LogP contribution in [-0.2, 0) is 6.42 Å². The van der Waals surface area contributed by atoms with Crippen molar-refractivity contribution in [3.8, 4) is 17.1 Å². The van der Waals surface area contributed by atoms with E-state index in [1.165, 1.54) is 51.4 Å². The van der Waals surface area contributed by atoms with Crippen LogP contribution in [0.4, 0.5) is 4.39 Å². The molecule has 1 saturated carbocycles. The summed E-state index contributed by atoms with van der Waals surface area (Å²) in [5.41, 5.74) is 2.26. The van der Waals surface area contributed by atoms with E-state index in [1.54, 1.807) is 6.07 Å². The molecule has 3 nitrogen and oxygen atoms in total. The minimum atomic E-state index is -0.132. The lowest BCUT2D eigenvalue weighted by molar-refractivity contribution is 0.258. The molecule has 0 saturated heterocycles. The number of nitrogens with zero attached hydrogens (tertiary/aromatic N) is 2. The summed E-state index contributed by atoms with van der Waals surface area (Å²) in [6.07, 6.45) is 13.2. The Kier molecular flexibility index (Phi) is 9.10. The summed E-state index contributed by atoms with van der Waals surface area (Å²) in [4.78, 5) is 0. The van der Waals surface area contributed by atoms with Crippen molar-refractivity contribution in [2.75, 3.05) is 6.61 Å². The highest BCUT2D eigenvalue weighted by atomic mass is 19.1. The molecule has 1 aliphatic rings. The summed E-state index contributed by atoms with van der Waals surface area (Å²) in [7, 11) is 0. The van der Waals surface area contributed by atoms with Crippen LogP contribution in [0.25, 0.3) is 11.3 Å². The van der Waals surface area contributed by atoms with Crippen molar-refractivity contribution < 1.29 is 9.13 Å². The van der Waals surface area contributed by atoms with Crippen LogP contribution >= 0.6 is 0 Å². The van der Waals surface area contributed by atoms with Crippen LogP contribution in [0.5, 0.6) is 5.88 Å². The van der Waals surface area contributed by atoms with Crippen molar-refractivity contribution in [1.29, 1.82) is 0 Å². The van der Waals surface area contributed by atoms with Crippen molar-refractivity contribution in [2.24, 2.45) is 11.8 Å². The standard InChI is InChI=1S/C26H37FN2O/c1-3-5-6-7-18-30-26-17-16-25(28-29-26)23-15-14-22(24(27)19-23)13-12-21-10-8-20(4-2)9-11-21/h14-17,19-21H,3-13,18H2,1-2H3. The minimum Gasteiger partial charge on any atom is -0.477 e. The maximum atomic E-state index is 14.7. The maximum absolute atomic E-state index is 14.7. The summed E-state index contributed by atoms with van der Waals surface area (Å²) in [6, 6.07) is 9.15. The third-order valence-electron chi connectivity index (χ3n) is 6.60. The molecular weight excluding hydrogens is 375 g/mol. The van der Waals surface area contributed by atoms with E-state index in [-0.39, 0.29) is 5.82 Å². The lowest BCUT2D eigenvalue weighted by Crippen LogP contribution is -2.14. The Hall–Kier alpha value is -1.97. The summed E-state index contributed by atoms with van der Waals surface area (Å²) in [5, 5.41) is 8.37. The first-order valence-corrected chi connectivity index (χ1v) is 11.9. The quantitative estimate of drug-likeness (QED) is 0.361. The molecule has 164 valence electrons. The van der Waals surface area contributed by atoms with Gasteiger partial charge in [0.05, 0.1) is 12.3 Å². The molecule has 30 heavy (non-hydrogen) atoms. The second kappa shape index (κ2) is 12.0. The van der Waals surface area contributed by atoms with Gasteiger partial charge in [-0.3, -0.25) is 0 Å². The van der Waals surface area contributed by atoms with Crippen molar-refractivity contribution in [2.45, 2.75) is 84.5 Å². The average Bonchev–Trinajstić information content (AvgIpc) is 2.79. The van der Waals surface area contributed by atoms with E-state index in [0.717, 1.165) is 42.2 Å². The molecule has 3 rings (SSSR count). The summed E-state index contributed by atoms with van der Waals surface area (Å²) < 4.78 is 20.3. The Labute approximate surface area is 181 Å². The summed E-state index contributed by atoms with van der Waals surface area (Å²) >= 11 is 0.